The lowest BCUT2D eigenvalue weighted by molar-refractivity contribution is -0.104. The summed E-state index contributed by atoms with van der Waals surface area (Å²) in [6, 6.07) is 29.4. The summed E-state index contributed by atoms with van der Waals surface area (Å²) in [4.78, 5) is 41.3. The van der Waals surface area contributed by atoms with E-state index in [4.69, 9.17) is 0 Å². The van der Waals surface area contributed by atoms with E-state index >= 15 is 0 Å². The Bertz CT molecular complexity index is 1720. The number of fused-ring (bicyclic) bond motifs is 1. The molecule has 1 aliphatic rings. The van der Waals surface area contributed by atoms with Crippen molar-refractivity contribution in [2.75, 3.05) is 30.4 Å². The molecule has 0 radical (unpaired) electrons. The van der Waals surface area contributed by atoms with Crippen LogP contribution in [0.2, 0.25) is 0 Å². The van der Waals surface area contributed by atoms with Crippen molar-refractivity contribution in [1.29, 1.82) is 0 Å². The predicted octanol–water partition coefficient (Wildman–Crippen LogP) is 6.99. The number of nitrogens with one attached hydrogen (secondary N) is 1. The highest BCUT2D eigenvalue weighted by Crippen LogP contribution is 2.38. The summed E-state index contributed by atoms with van der Waals surface area (Å²) in [7, 11) is 1.89. The minimum absolute atomic E-state index is 0.362. The molecule has 8 heteroatoms. The maximum atomic E-state index is 11.9. The number of benzene rings is 2. The van der Waals surface area contributed by atoms with E-state index in [9.17, 15) is 14.5 Å². The number of carbonyl (C=O) groups excluding carboxylic acids is 2. The number of aromatic nitrogens is 2. The van der Waals surface area contributed by atoms with Crippen LogP contribution >= 0.6 is 0 Å². The third-order valence-corrected chi connectivity index (χ3v) is 7.99. The molecule has 0 atom stereocenters. The minimum atomic E-state index is -0.623. The van der Waals surface area contributed by atoms with Crippen LogP contribution in [-0.4, -0.2) is 41.6 Å². The molecule has 2 aromatic carbocycles. The number of piperidine rings is 1. The van der Waals surface area contributed by atoms with E-state index in [0.29, 0.717) is 24.8 Å². The van der Waals surface area contributed by atoms with Crippen molar-refractivity contribution in [3.8, 4) is 11.1 Å². The first-order valence-corrected chi connectivity index (χ1v) is 14.4. The van der Waals surface area contributed by atoms with E-state index in [1.54, 1.807) is 10.6 Å². The first-order chi connectivity index (χ1) is 20.9. The molecule has 8 nitrogen and oxygen atoms in total. The fourth-order valence-electron chi connectivity index (χ4n) is 5.74. The SMILES string of the molecule is CNc1ccc(C2(N=O)CCN(c3cc(C)cc(C)n3)CC2)cc1.O=CC(=O)c1c(-c2ccccc2)cc2ccccn12. The van der Waals surface area contributed by atoms with Crippen molar-refractivity contribution < 1.29 is 9.59 Å². The Hall–Kier alpha value is -5.11. The summed E-state index contributed by atoms with van der Waals surface area (Å²) in [5.41, 5.74) is 6.68. The Morgan fingerprint density at radius 1 is 0.930 bits per heavy atom. The van der Waals surface area contributed by atoms with Crippen molar-refractivity contribution in [3.05, 3.63) is 125 Å². The number of hydrogen-bond donors (Lipinski definition) is 1. The van der Waals surface area contributed by atoms with E-state index in [-0.39, 0.29) is 0 Å². The quantitative estimate of drug-likeness (QED) is 0.0976. The standard InChI is InChI=1S/C19H24N4O.C16H11NO2/c1-14-12-15(2)21-18(13-14)23-10-8-19(22-24,9-11-23)16-4-6-17(20-3)7-5-16;18-11-15(19)16-14(12-6-2-1-3-7-12)10-13-8-4-5-9-17(13)16/h4-7,12-13,20H,8-11H2,1-3H3;1-11H. The summed E-state index contributed by atoms with van der Waals surface area (Å²) in [6.45, 7) is 5.68. The van der Waals surface area contributed by atoms with Gasteiger partial charge in [-0.1, -0.05) is 53.7 Å². The third kappa shape index (κ3) is 6.23. The Morgan fingerprint density at radius 2 is 1.63 bits per heavy atom. The maximum Gasteiger partial charge on any atom is 0.242 e. The topological polar surface area (TPSA) is 96.1 Å². The summed E-state index contributed by atoms with van der Waals surface area (Å²) < 4.78 is 1.75. The first kappa shape index (κ1) is 29.4. The van der Waals surface area contributed by atoms with Crippen LogP contribution in [0.15, 0.2) is 102 Å². The van der Waals surface area contributed by atoms with Gasteiger partial charge in [0, 0.05) is 48.8 Å². The molecule has 0 unspecified atom stereocenters. The number of rotatable bonds is 7. The fourth-order valence-corrected chi connectivity index (χ4v) is 5.74. The number of anilines is 2. The van der Waals surface area contributed by atoms with Crippen LogP contribution < -0.4 is 10.2 Å². The number of carbonyl (C=O) groups is 2. The molecule has 0 amide bonds. The number of pyridine rings is 2. The van der Waals surface area contributed by atoms with Crippen LogP contribution in [-0.2, 0) is 10.3 Å². The average molecular weight is 574 g/mol. The van der Waals surface area contributed by atoms with Gasteiger partial charge in [0.1, 0.15) is 17.1 Å². The molecule has 3 aromatic heterocycles. The molecular formula is C35H35N5O3. The monoisotopic (exact) mass is 573 g/mol. The second-order valence-electron chi connectivity index (χ2n) is 10.8. The summed E-state index contributed by atoms with van der Waals surface area (Å²) in [5, 5.41) is 6.65. The lowest BCUT2D eigenvalue weighted by Gasteiger charge is -2.38. The van der Waals surface area contributed by atoms with Crippen LogP contribution in [0.3, 0.4) is 0 Å². The number of aldehydes is 1. The van der Waals surface area contributed by atoms with Crippen LogP contribution in [0.4, 0.5) is 11.5 Å². The highest BCUT2D eigenvalue weighted by atomic mass is 16.3. The maximum absolute atomic E-state index is 11.9. The molecular weight excluding hydrogens is 538 g/mol. The van der Waals surface area contributed by atoms with Gasteiger partial charge in [0.25, 0.3) is 0 Å². The molecule has 0 spiro atoms. The Kier molecular flexibility index (Phi) is 8.76. The molecule has 0 bridgehead atoms. The van der Waals surface area contributed by atoms with Gasteiger partial charge >= 0.3 is 0 Å². The largest absolute Gasteiger partial charge is 0.388 e. The molecule has 1 saturated heterocycles. The molecule has 1 aliphatic heterocycles. The number of aryl methyl sites for hydroxylation is 2. The van der Waals surface area contributed by atoms with Crippen LogP contribution in [0.5, 0.6) is 0 Å². The molecule has 0 aliphatic carbocycles. The van der Waals surface area contributed by atoms with Gasteiger partial charge < -0.3 is 14.6 Å². The van der Waals surface area contributed by atoms with Crippen molar-refractivity contribution >= 4 is 29.1 Å². The van der Waals surface area contributed by atoms with Gasteiger partial charge in [-0.3, -0.25) is 9.59 Å². The zero-order valence-corrected chi connectivity index (χ0v) is 24.7. The van der Waals surface area contributed by atoms with Gasteiger partial charge in [0.05, 0.1) is 0 Å². The lowest BCUT2D eigenvalue weighted by atomic mass is 9.81. The number of nitroso groups, excluding NO2 is 1. The van der Waals surface area contributed by atoms with Gasteiger partial charge in [0.2, 0.25) is 5.78 Å². The van der Waals surface area contributed by atoms with Crippen LogP contribution in [0, 0.1) is 18.8 Å². The highest BCUT2D eigenvalue weighted by Gasteiger charge is 2.38. The van der Waals surface area contributed by atoms with Crippen molar-refractivity contribution in [2.45, 2.75) is 32.2 Å². The average Bonchev–Trinajstić information content (AvgIpc) is 3.44. The predicted molar refractivity (Wildman–Crippen MR) is 172 cm³/mol. The second-order valence-corrected chi connectivity index (χ2v) is 10.8. The summed E-state index contributed by atoms with van der Waals surface area (Å²) in [5.74, 6) is 0.489. The summed E-state index contributed by atoms with van der Waals surface area (Å²) in [6.07, 6.45) is 3.58. The van der Waals surface area contributed by atoms with E-state index in [1.165, 1.54) is 5.56 Å². The van der Waals surface area contributed by atoms with Gasteiger partial charge in [-0.15, -0.1) is 4.91 Å². The molecule has 6 rings (SSSR count). The Labute approximate surface area is 251 Å². The van der Waals surface area contributed by atoms with E-state index < -0.39 is 11.3 Å². The zero-order chi connectivity index (χ0) is 30.4. The van der Waals surface area contributed by atoms with Crippen molar-refractivity contribution in [2.24, 2.45) is 5.18 Å². The van der Waals surface area contributed by atoms with Gasteiger partial charge in [0.15, 0.2) is 6.29 Å². The second kappa shape index (κ2) is 12.8. The molecule has 5 aromatic rings. The van der Waals surface area contributed by atoms with E-state index in [0.717, 1.165) is 52.5 Å². The highest BCUT2D eigenvalue weighted by molar-refractivity contribution is 6.34. The first-order valence-electron chi connectivity index (χ1n) is 14.4. The minimum Gasteiger partial charge on any atom is -0.388 e. The number of hydrogen-bond acceptors (Lipinski definition) is 7. The van der Waals surface area contributed by atoms with E-state index in [2.05, 4.69) is 39.4 Å². The van der Waals surface area contributed by atoms with E-state index in [1.807, 2.05) is 92.8 Å². The normalized spacial score (nSPS) is 14.0. The fraction of sp³-hybridized carbons (Fsp3) is 0.229. The molecule has 1 fully saturated rings. The Balaban J connectivity index is 0.000000176. The zero-order valence-electron chi connectivity index (χ0n) is 24.7. The molecule has 218 valence electrons. The summed E-state index contributed by atoms with van der Waals surface area (Å²) >= 11 is 0. The molecule has 43 heavy (non-hydrogen) atoms. The molecule has 0 saturated carbocycles. The Morgan fingerprint density at radius 3 is 2.26 bits per heavy atom. The number of ketones is 1. The number of nitrogens with zero attached hydrogens (tertiary/aromatic N) is 4. The van der Waals surface area contributed by atoms with Gasteiger partial charge in [-0.2, -0.15) is 0 Å². The lowest BCUT2D eigenvalue weighted by Crippen LogP contribution is -2.42. The molecule has 4 heterocycles. The smallest absolute Gasteiger partial charge is 0.242 e. The van der Waals surface area contributed by atoms with Gasteiger partial charge in [-0.25, -0.2) is 4.98 Å². The van der Waals surface area contributed by atoms with Gasteiger partial charge in [-0.05, 0) is 85.8 Å². The van der Waals surface area contributed by atoms with Crippen molar-refractivity contribution in [3.63, 3.8) is 0 Å². The molecule has 1 N–H and O–H groups in total. The third-order valence-electron chi connectivity index (χ3n) is 7.99. The van der Waals surface area contributed by atoms with Crippen LogP contribution in [0.25, 0.3) is 16.6 Å². The van der Waals surface area contributed by atoms with Crippen molar-refractivity contribution in [1.82, 2.24) is 9.38 Å². The van der Waals surface area contributed by atoms with Crippen LogP contribution in [0.1, 0.15) is 40.2 Å². The number of Topliss-reactive ketones (excluding diaryl/α,β-unsaturated/α-hetero) is 1.